The topological polar surface area (TPSA) is 41.6 Å². The van der Waals surface area contributed by atoms with Crippen molar-refractivity contribution in [1.82, 2.24) is 15.0 Å². The molecule has 0 atom stereocenters. The maximum absolute atomic E-state index is 6.15. The molecule has 0 aliphatic heterocycles. The highest BCUT2D eigenvalue weighted by Gasteiger charge is 2.24. The Bertz CT molecular complexity index is 728. The normalized spacial score (nSPS) is 15.8. The molecule has 1 N–H and O–H groups in total. The van der Waals surface area contributed by atoms with E-state index in [1.807, 2.05) is 0 Å². The lowest BCUT2D eigenvalue weighted by Gasteiger charge is -1.98. The standard InChI is InChI=1S/C13H10ClN3/c14-12-11-9-5-8(7-1-2-7)3-4-10(9)17-13(11)16-6-15-12/h3-7H,1-2H2,(H,15,16,17). The number of hydrogen-bond donors (Lipinski definition) is 1. The van der Waals surface area contributed by atoms with E-state index < -0.39 is 0 Å². The molecule has 1 aliphatic carbocycles. The molecule has 0 bridgehead atoms. The van der Waals surface area contributed by atoms with Gasteiger partial charge in [-0.25, -0.2) is 9.97 Å². The summed E-state index contributed by atoms with van der Waals surface area (Å²) in [5, 5.41) is 2.59. The monoisotopic (exact) mass is 243 g/mol. The first-order valence-electron chi connectivity index (χ1n) is 5.75. The van der Waals surface area contributed by atoms with E-state index in [0.29, 0.717) is 5.15 Å². The summed E-state index contributed by atoms with van der Waals surface area (Å²) >= 11 is 6.15. The fraction of sp³-hybridized carbons (Fsp3) is 0.231. The van der Waals surface area contributed by atoms with Gasteiger partial charge in [0.1, 0.15) is 17.1 Å². The zero-order valence-electron chi connectivity index (χ0n) is 9.07. The predicted octanol–water partition coefficient (Wildman–Crippen LogP) is 3.64. The molecular formula is C13H10ClN3. The quantitative estimate of drug-likeness (QED) is 0.663. The summed E-state index contributed by atoms with van der Waals surface area (Å²) in [5.74, 6) is 0.743. The van der Waals surface area contributed by atoms with Crippen molar-refractivity contribution in [1.29, 1.82) is 0 Å². The molecule has 0 spiro atoms. The van der Waals surface area contributed by atoms with Crippen molar-refractivity contribution in [3.05, 3.63) is 35.2 Å². The van der Waals surface area contributed by atoms with Gasteiger partial charge in [0.15, 0.2) is 0 Å². The predicted molar refractivity (Wildman–Crippen MR) is 68.4 cm³/mol. The van der Waals surface area contributed by atoms with E-state index in [2.05, 4.69) is 33.2 Å². The van der Waals surface area contributed by atoms with Crippen LogP contribution in [0.2, 0.25) is 5.15 Å². The van der Waals surface area contributed by atoms with Crippen LogP contribution in [0.3, 0.4) is 0 Å². The Morgan fingerprint density at radius 3 is 2.94 bits per heavy atom. The van der Waals surface area contributed by atoms with Gasteiger partial charge < -0.3 is 4.98 Å². The second-order valence-corrected chi connectivity index (χ2v) is 4.95. The molecule has 1 saturated carbocycles. The summed E-state index contributed by atoms with van der Waals surface area (Å²) in [4.78, 5) is 11.5. The van der Waals surface area contributed by atoms with Crippen LogP contribution in [0.15, 0.2) is 24.5 Å². The first-order chi connectivity index (χ1) is 8.33. The second-order valence-electron chi connectivity index (χ2n) is 4.59. The third kappa shape index (κ3) is 1.35. The first kappa shape index (κ1) is 9.42. The van der Waals surface area contributed by atoms with Crippen LogP contribution in [-0.2, 0) is 0 Å². The Balaban J connectivity index is 2.12. The molecule has 1 aromatic carbocycles. The van der Waals surface area contributed by atoms with Gasteiger partial charge in [0.05, 0.1) is 5.39 Å². The lowest BCUT2D eigenvalue weighted by molar-refractivity contribution is 1.14. The van der Waals surface area contributed by atoms with E-state index in [4.69, 9.17) is 11.6 Å². The molecule has 4 rings (SSSR count). The summed E-state index contributed by atoms with van der Waals surface area (Å²) < 4.78 is 0. The Morgan fingerprint density at radius 1 is 1.24 bits per heavy atom. The molecule has 3 nitrogen and oxygen atoms in total. The zero-order valence-corrected chi connectivity index (χ0v) is 9.83. The summed E-state index contributed by atoms with van der Waals surface area (Å²) in [5.41, 5.74) is 3.29. The fourth-order valence-electron chi connectivity index (χ4n) is 2.37. The molecular weight excluding hydrogens is 234 g/mol. The summed E-state index contributed by atoms with van der Waals surface area (Å²) in [6.07, 6.45) is 4.10. The maximum Gasteiger partial charge on any atom is 0.143 e. The third-order valence-electron chi connectivity index (χ3n) is 3.42. The number of halogens is 1. The van der Waals surface area contributed by atoms with Crippen molar-refractivity contribution in [2.24, 2.45) is 0 Å². The molecule has 4 heteroatoms. The molecule has 3 aromatic rings. The van der Waals surface area contributed by atoms with Crippen molar-refractivity contribution in [3.8, 4) is 0 Å². The number of aromatic nitrogens is 3. The van der Waals surface area contributed by atoms with E-state index in [9.17, 15) is 0 Å². The maximum atomic E-state index is 6.15. The molecule has 1 aliphatic rings. The number of nitrogens with zero attached hydrogens (tertiary/aromatic N) is 2. The van der Waals surface area contributed by atoms with E-state index in [1.165, 1.54) is 24.7 Å². The number of H-pyrrole nitrogens is 1. The van der Waals surface area contributed by atoms with Gasteiger partial charge in [-0.05, 0) is 36.5 Å². The molecule has 2 heterocycles. The lowest BCUT2D eigenvalue weighted by atomic mass is 10.1. The third-order valence-corrected chi connectivity index (χ3v) is 3.70. The largest absolute Gasteiger partial charge is 0.339 e. The highest BCUT2D eigenvalue weighted by atomic mass is 35.5. The van der Waals surface area contributed by atoms with Crippen molar-refractivity contribution < 1.29 is 0 Å². The van der Waals surface area contributed by atoms with Crippen molar-refractivity contribution in [2.75, 3.05) is 0 Å². The Morgan fingerprint density at radius 2 is 2.12 bits per heavy atom. The van der Waals surface area contributed by atoms with Gasteiger partial charge in [0.2, 0.25) is 0 Å². The van der Waals surface area contributed by atoms with Crippen LogP contribution < -0.4 is 0 Å². The van der Waals surface area contributed by atoms with Gasteiger partial charge in [-0.1, -0.05) is 17.7 Å². The van der Waals surface area contributed by atoms with Gasteiger partial charge in [-0.2, -0.15) is 0 Å². The number of benzene rings is 1. The van der Waals surface area contributed by atoms with Crippen LogP contribution in [0.5, 0.6) is 0 Å². The minimum absolute atomic E-state index is 0.522. The van der Waals surface area contributed by atoms with Crippen LogP contribution >= 0.6 is 11.6 Å². The average molecular weight is 244 g/mol. The molecule has 2 aromatic heterocycles. The number of rotatable bonds is 1. The second kappa shape index (κ2) is 3.20. The van der Waals surface area contributed by atoms with E-state index in [-0.39, 0.29) is 0 Å². The zero-order chi connectivity index (χ0) is 11.4. The highest BCUT2D eigenvalue weighted by Crippen LogP contribution is 2.41. The van der Waals surface area contributed by atoms with Crippen LogP contribution in [-0.4, -0.2) is 15.0 Å². The van der Waals surface area contributed by atoms with Crippen molar-refractivity contribution >= 4 is 33.5 Å². The van der Waals surface area contributed by atoms with Crippen molar-refractivity contribution in [2.45, 2.75) is 18.8 Å². The average Bonchev–Trinajstić information content (AvgIpc) is 3.10. The van der Waals surface area contributed by atoms with Gasteiger partial charge in [0, 0.05) is 10.9 Å². The molecule has 84 valence electrons. The fourth-order valence-corrected chi connectivity index (χ4v) is 2.61. The van der Waals surface area contributed by atoms with Gasteiger partial charge in [-0.3, -0.25) is 0 Å². The highest BCUT2D eigenvalue weighted by molar-refractivity contribution is 6.36. The van der Waals surface area contributed by atoms with Crippen LogP contribution in [0.4, 0.5) is 0 Å². The van der Waals surface area contributed by atoms with E-state index in [1.54, 1.807) is 0 Å². The van der Waals surface area contributed by atoms with E-state index in [0.717, 1.165) is 27.9 Å². The van der Waals surface area contributed by atoms with Crippen LogP contribution in [0.1, 0.15) is 24.3 Å². The molecule has 17 heavy (non-hydrogen) atoms. The number of hydrogen-bond acceptors (Lipinski definition) is 2. The Kier molecular flexibility index (Phi) is 1.77. The number of fused-ring (bicyclic) bond motifs is 3. The summed E-state index contributed by atoms with van der Waals surface area (Å²) in [6, 6.07) is 6.53. The molecule has 0 radical (unpaired) electrons. The minimum atomic E-state index is 0.522. The van der Waals surface area contributed by atoms with Crippen LogP contribution in [0.25, 0.3) is 21.9 Å². The van der Waals surface area contributed by atoms with Gasteiger partial charge in [0.25, 0.3) is 0 Å². The first-order valence-corrected chi connectivity index (χ1v) is 6.12. The Hall–Kier alpha value is -1.61. The smallest absolute Gasteiger partial charge is 0.143 e. The molecule has 0 amide bonds. The molecule has 1 fully saturated rings. The lowest BCUT2D eigenvalue weighted by Crippen LogP contribution is -1.80. The van der Waals surface area contributed by atoms with Crippen molar-refractivity contribution in [3.63, 3.8) is 0 Å². The summed E-state index contributed by atoms with van der Waals surface area (Å²) in [7, 11) is 0. The SMILES string of the molecule is Clc1ncnc2[nH]c3ccc(C4CC4)cc3c12. The number of aromatic amines is 1. The van der Waals surface area contributed by atoms with Crippen LogP contribution in [0, 0.1) is 0 Å². The van der Waals surface area contributed by atoms with Gasteiger partial charge >= 0.3 is 0 Å². The minimum Gasteiger partial charge on any atom is -0.339 e. The van der Waals surface area contributed by atoms with E-state index >= 15 is 0 Å². The van der Waals surface area contributed by atoms with Gasteiger partial charge in [-0.15, -0.1) is 0 Å². The molecule has 0 saturated heterocycles. The molecule has 0 unspecified atom stereocenters. The Labute approximate surface area is 103 Å². The number of nitrogens with one attached hydrogen (secondary N) is 1. The summed E-state index contributed by atoms with van der Waals surface area (Å²) in [6.45, 7) is 0.